The summed E-state index contributed by atoms with van der Waals surface area (Å²) in [5.74, 6) is 2.72. The lowest BCUT2D eigenvalue weighted by atomic mass is 10.1. The average molecular weight is 513 g/mol. The van der Waals surface area contributed by atoms with Crippen molar-refractivity contribution in [2.24, 2.45) is 0 Å². The van der Waals surface area contributed by atoms with Crippen molar-refractivity contribution >= 4 is 29.5 Å². The molecule has 0 aliphatic rings. The van der Waals surface area contributed by atoms with E-state index < -0.39 is 0 Å². The highest BCUT2D eigenvalue weighted by Crippen LogP contribution is 2.29. The smallest absolute Gasteiger partial charge is 0.255 e. The molecule has 1 aromatic heterocycles. The van der Waals surface area contributed by atoms with Crippen LogP contribution in [0.5, 0.6) is 0 Å². The summed E-state index contributed by atoms with van der Waals surface area (Å²) in [6.07, 6.45) is 15.6. The normalized spacial score (nSPS) is 12.4. The van der Waals surface area contributed by atoms with Crippen molar-refractivity contribution in [1.82, 2.24) is 15.0 Å². The van der Waals surface area contributed by atoms with Gasteiger partial charge >= 0.3 is 0 Å². The molecule has 0 saturated carbocycles. The zero-order valence-corrected chi connectivity index (χ0v) is 25.0. The second-order valence-corrected chi connectivity index (χ2v) is 13.2. The summed E-state index contributed by atoms with van der Waals surface area (Å²) in [7, 11) is 0. The van der Waals surface area contributed by atoms with Gasteiger partial charge in [-0.1, -0.05) is 102 Å². The van der Waals surface area contributed by atoms with Crippen molar-refractivity contribution in [2.45, 2.75) is 154 Å². The Labute approximate surface area is 219 Å². The SMILES string of the molecule is CCCCCCCCSc1nc(SCCCCCCCC)nc(N(OC(C)(C)C)C(C)(C)C)n1. The fourth-order valence-electron chi connectivity index (χ4n) is 3.39. The fraction of sp³-hybridized carbons (Fsp3) is 0.889. The van der Waals surface area contributed by atoms with E-state index in [-0.39, 0.29) is 11.1 Å². The summed E-state index contributed by atoms with van der Waals surface area (Å²) in [5.41, 5.74) is -0.603. The Balaban J connectivity index is 2.86. The maximum absolute atomic E-state index is 6.32. The second kappa shape index (κ2) is 17.0. The highest BCUT2D eigenvalue weighted by molar-refractivity contribution is 7.99. The van der Waals surface area contributed by atoms with Crippen LogP contribution in [0.2, 0.25) is 0 Å². The van der Waals surface area contributed by atoms with Gasteiger partial charge < -0.3 is 0 Å². The molecule has 1 heterocycles. The van der Waals surface area contributed by atoms with Crippen LogP contribution in [0.1, 0.15) is 132 Å². The van der Waals surface area contributed by atoms with Crippen LogP contribution in [-0.4, -0.2) is 37.6 Å². The quantitative estimate of drug-likeness (QED) is 0.110. The Morgan fingerprint density at radius 2 is 1.03 bits per heavy atom. The van der Waals surface area contributed by atoms with E-state index >= 15 is 0 Å². The van der Waals surface area contributed by atoms with E-state index in [0.717, 1.165) is 21.8 Å². The molecule has 198 valence electrons. The number of hydrogen-bond acceptors (Lipinski definition) is 7. The molecule has 34 heavy (non-hydrogen) atoms. The third kappa shape index (κ3) is 14.8. The molecular formula is C27H52N4OS2. The first-order valence-corrected chi connectivity index (χ1v) is 15.5. The Morgan fingerprint density at radius 1 is 0.618 bits per heavy atom. The highest BCUT2D eigenvalue weighted by Gasteiger charge is 2.31. The van der Waals surface area contributed by atoms with Crippen LogP contribution in [0.15, 0.2) is 10.3 Å². The molecule has 0 bridgehead atoms. The fourth-order valence-corrected chi connectivity index (χ4v) is 5.11. The largest absolute Gasteiger partial charge is 0.265 e. The van der Waals surface area contributed by atoms with Gasteiger partial charge in [-0.2, -0.15) is 15.0 Å². The van der Waals surface area contributed by atoms with E-state index in [2.05, 4.69) is 55.4 Å². The molecule has 7 heteroatoms. The second-order valence-electron chi connectivity index (χ2n) is 11.1. The molecule has 1 aromatic rings. The minimum atomic E-state index is -0.336. The minimum Gasteiger partial charge on any atom is -0.265 e. The van der Waals surface area contributed by atoms with E-state index in [1.165, 1.54) is 77.0 Å². The Kier molecular flexibility index (Phi) is 15.8. The summed E-state index contributed by atoms with van der Waals surface area (Å²) in [6, 6.07) is 0. The predicted molar refractivity (Wildman–Crippen MR) is 151 cm³/mol. The maximum Gasteiger partial charge on any atom is 0.255 e. The molecule has 0 aliphatic carbocycles. The Hall–Kier alpha value is -0.530. The standard InChI is InChI=1S/C27H52N4OS2/c1-9-11-13-15-17-19-21-33-24-28-23(31(26(3,4)5)32-27(6,7)8)29-25(30-24)34-22-20-18-16-14-12-10-2/h9-22H2,1-8H3. The lowest BCUT2D eigenvalue weighted by Crippen LogP contribution is -2.47. The van der Waals surface area contributed by atoms with Crippen LogP contribution in [0, 0.1) is 0 Å². The molecule has 5 nitrogen and oxygen atoms in total. The molecule has 0 N–H and O–H groups in total. The monoisotopic (exact) mass is 512 g/mol. The lowest BCUT2D eigenvalue weighted by Gasteiger charge is -2.38. The number of hydroxylamine groups is 1. The van der Waals surface area contributed by atoms with Gasteiger partial charge in [-0.15, -0.1) is 0 Å². The molecule has 0 radical (unpaired) electrons. The molecule has 1 rings (SSSR count). The van der Waals surface area contributed by atoms with E-state index in [0.29, 0.717) is 5.95 Å². The van der Waals surface area contributed by atoms with Gasteiger partial charge in [0.05, 0.1) is 11.1 Å². The van der Waals surface area contributed by atoms with Crippen LogP contribution >= 0.6 is 23.5 Å². The van der Waals surface area contributed by atoms with Crippen molar-refractivity contribution in [1.29, 1.82) is 0 Å². The molecule has 0 spiro atoms. The van der Waals surface area contributed by atoms with Crippen LogP contribution in [0.25, 0.3) is 0 Å². The van der Waals surface area contributed by atoms with Crippen molar-refractivity contribution in [3.8, 4) is 0 Å². The van der Waals surface area contributed by atoms with Crippen LogP contribution < -0.4 is 5.06 Å². The van der Waals surface area contributed by atoms with Gasteiger partial charge in [0.2, 0.25) is 0 Å². The third-order valence-corrected chi connectivity index (χ3v) is 7.06. The first kappa shape index (κ1) is 31.5. The van der Waals surface area contributed by atoms with E-state index in [4.69, 9.17) is 19.8 Å². The van der Waals surface area contributed by atoms with E-state index in [1.807, 2.05) is 5.06 Å². The number of hydrogen-bond donors (Lipinski definition) is 0. The topological polar surface area (TPSA) is 51.1 Å². The molecule has 0 atom stereocenters. The van der Waals surface area contributed by atoms with Crippen LogP contribution in [0.4, 0.5) is 5.95 Å². The molecule has 0 saturated heterocycles. The van der Waals surface area contributed by atoms with Crippen molar-refractivity contribution in [2.75, 3.05) is 16.6 Å². The zero-order valence-electron chi connectivity index (χ0n) is 23.4. The maximum atomic E-state index is 6.32. The summed E-state index contributed by atoms with van der Waals surface area (Å²) in [6.45, 7) is 17.1. The van der Waals surface area contributed by atoms with Crippen LogP contribution in [0.3, 0.4) is 0 Å². The van der Waals surface area contributed by atoms with Gasteiger partial charge in [0.15, 0.2) is 10.3 Å². The van der Waals surface area contributed by atoms with Crippen LogP contribution in [-0.2, 0) is 4.84 Å². The molecule has 0 aromatic carbocycles. The predicted octanol–water partition coefficient (Wildman–Crippen LogP) is 9.11. The van der Waals surface area contributed by atoms with Crippen molar-refractivity contribution in [3.05, 3.63) is 0 Å². The number of aromatic nitrogens is 3. The summed E-state index contributed by atoms with van der Waals surface area (Å²) >= 11 is 3.51. The highest BCUT2D eigenvalue weighted by atomic mass is 32.2. The number of nitrogens with zero attached hydrogens (tertiary/aromatic N) is 4. The number of rotatable bonds is 18. The van der Waals surface area contributed by atoms with Crippen molar-refractivity contribution in [3.63, 3.8) is 0 Å². The van der Waals surface area contributed by atoms with E-state index in [1.54, 1.807) is 23.5 Å². The Bertz CT molecular complexity index is 623. The summed E-state index contributed by atoms with van der Waals surface area (Å²) < 4.78 is 0. The molecular weight excluding hydrogens is 460 g/mol. The van der Waals surface area contributed by atoms with Gasteiger partial charge in [-0.3, -0.25) is 4.84 Å². The van der Waals surface area contributed by atoms with Crippen molar-refractivity contribution < 1.29 is 4.84 Å². The minimum absolute atomic E-state index is 0.267. The molecule has 0 fully saturated rings. The summed E-state index contributed by atoms with van der Waals surface area (Å²) in [5, 5.41) is 3.50. The number of unbranched alkanes of at least 4 members (excludes halogenated alkanes) is 10. The average Bonchev–Trinajstić information content (AvgIpc) is 2.75. The van der Waals surface area contributed by atoms with Gasteiger partial charge in [0.1, 0.15) is 0 Å². The zero-order chi connectivity index (χ0) is 25.5. The lowest BCUT2D eigenvalue weighted by molar-refractivity contribution is -0.0486. The first-order chi connectivity index (χ1) is 16.1. The van der Waals surface area contributed by atoms with Gasteiger partial charge in [-0.25, -0.2) is 5.06 Å². The van der Waals surface area contributed by atoms with Gasteiger partial charge in [0, 0.05) is 11.5 Å². The summed E-state index contributed by atoms with van der Waals surface area (Å²) in [4.78, 5) is 20.8. The molecule has 0 amide bonds. The Morgan fingerprint density at radius 3 is 1.41 bits per heavy atom. The van der Waals surface area contributed by atoms with Gasteiger partial charge in [-0.05, 0) is 54.4 Å². The number of thioether (sulfide) groups is 2. The van der Waals surface area contributed by atoms with E-state index in [9.17, 15) is 0 Å². The number of anilines is 1. The molecule has 0 unspecified atom stereocenters. The van der Waals surface area contributed by atoms with Gasteiger partial charge in [0.25, 0.3) is 5.95 Å². The third-order valence-electron chi connectivity index (χ3n) is 5.20. The molecule has 0 aliphatic heterocycles. The first-order valence-electron chi connectivity index (χ1n) is 13.6.